The molecule has 3 aromatic rings. The average Bonchev–Trinajstić information content (AvgIpc) is 3.29. The van der Waals surface area contributed by atoms with E-state index in [4.69, 9.17) is 9.26 Å². The number of nitrogens with zero attached hydrogens (tertiary/aromatic N) is 2. The third-order valence-electron chi connectivity index (χ3n) is 3.48. The van der Waals surface area contributed by atoms with Gasteiger partial charge in [-0.15, -0.1) is 0 Å². The van der Waals surface area contributed by atoms with Gasteiger partial charge in [-0.2, -0.15) is 16.3 Å². The van der Waals surface area contributed by atoms with Crippen LogP contribution in [0.3, 0.4) is 0 Å². The summed E-state index contributed by atoms with van der Waals surface area (Å²) in [6.45, 7) is 0.423. The standard InChI is InChI=1S/C17H17N3O3S/c1-22-14-5-3-2-4-12(14)10-18-15(21)6-7-16-19-17(20-23-16)13-8-9-24-11-13/h2-5,8-9,11H,6-7,10H2,1H3,(H,18,21). The topological polar surface area (TPSA) is 77.2 Å². The first-order chi connectivity index (χ1) is 11.8. The fourth-order valence-electron chi connectivity index (χ4n) is 2.22. The lowest BCUT2D eigenvalue weighted by Gasteiger charge is -2.09. The molecule has 0 aliphatic rings. The molecule has 24 heavy (non-hydrogen) atoms. The lowest BCUT2D eigenvalue weighted by Crippen LogP contribution is -2.23. The van der Waals surface area contributed by atoms with Crippen molar-refractivity contribution >= 4 is 17.2 Å². The number of amides is 1. The van der Waals surface area contributed by atoms with Gasteiger partial charge < -0.3 is 14.6 Å². The maximum Gasteiger partial charge on any atom is 0.227 e. The highest BCUT2D eigenvalue weighted by Gasteiger charge is 2.11. The molecule has 0 aliphatic heterocycles. The Labute approximate surface area is 143 Å². The molecule has 1 N–H and O–H groups in total. The number of nitrogens with one attached hydrogen (secondary N) is 1. The Kier molecular flexibility index (Phi) is 5.22. The molecule has 2 aromatic heterocycles. The molecule has 0 fully saturated rings. The number of aryl methyl sites for hydroxylation is 1. The minimum atomic E-state index is -0.0730. The van der Waals surface area contributed by atoms with Crippen LogP contribution in [0.1, 0.15) is 17.9 Å². The smallest absolute Gasteiger partial charge is 0.227 e. The molecular weight excluding hydrogens is 326 g/mol. The number of carbonyl (C=O) groups excluding carboxylic acids is 1. The van der Waals surface area contributed by atoms with Gasteiger partial charge in [-0.1, -0.05) is 23.4 Å². The van der Waals surface area contributed by atoms with E-state index in [0.717, 1.165) is 16.9 Å². The van der Waals surface area contributed by atoms with Gasteiger partial charge >= 0.3 is 0 Å². The number of methoxy groups -OCH3 is 1. The Morgan fingerprint density at radius 2 is 2.21 bits per heavy atom. The maximum atomic E-state index is 12.0. The number of aromatic nitrogens is 2. The molecule has 1 aromatic carbocycles. The minimum absolute atomic E-state index is 0.0730. The molecule has 3 rings (SSSR count). The lowest BCUT2D eigenvalue weighted by molar-refractivity contribution is -0.121. The van der Waals surface area contributed by atoms with Crippen LogP contribution in [0.2, 0.25) is 0 Å². The van der Waals surface area contributed by atoms with Crippen LogP contribution in [0, 0.1) is 0 Å². The average molecular weight is 343 g/mol. The van der Waals surface area contributed by atoms with E-state index >= 15 is 0 Å². The Hall–Kier alpha value is -2.67. The summed E-state index contributed by atoms with van der Waals surface area (Å²) in [5, 5.41) is 10.7. The van der Waals surface area contributed by atoms with Crippen LogP contribution in [0.15, 0.2) is 45.6 Å². The van der Waals surface area contributed by atoms with E-state index in [1.165, 1.54) is 0 Å². The first-order valence-corrected chi connectivity index (χ1v) is 8.44. The van der Waals surface area contributed by atoms with Crippen LogP contribution >= 0.6 is 11.3 Å². The summed E-state index contributed by atoms with van der Waals surface area (Å²) in [6, 6.07) is 9.52. The highest BCUT2D eigenvalue weighted by molar-refractivity contribution is 7.08. The molecular formula is C17H17N3O3S. The van der Waals surface area contributed by atoms with Crippen molar-refractivity contribution in [3.05, 3.63) is 52.5 Å². The third kappa shape index (κ3) is 3.99. The fourth-order valence-corrected chi connectivity index (χ4v) is 2.85. The number of rotatable bonds is 7. The van der Waals surface area contributed by atoms with Gasteiger partial charge in [0.1, 0.15) is 5.75 Å². The molecule has 0 spiro atoms. The molecule has 6 nitrogen and oxygen atoms in total. The molecule has 0 saturated carbocycles. The van der Waals surface area contributed by atoms with E-state index in [1.807, 2.05) is 41.1 Å². The van der Waals surface area contributed by atoms with Gasteiger partial charge in [0, 0.05) is 35.9 Å². The predicted molar refractivity (Wildman–Crippen MR) is 90.8 cm³/mol. The Morgan fingerprint density at radius 1 is 1.33 bits per heavy atom. The number of hydrogen-bond acceptors (Lipinski definition) is 6. The molecule has 0 saturated heterocycles. The minimum Gasteiger partial charge on any atom is -0.496 e. The van der Waals surface area contributed by atoms with Crippen molar-refractivity contribution in [2.75, 3.05) is 7.11 Å². The van der Waals surface area contributed by atoms with E-state index in [2.05, 4.69) is 15.5 Å². The monoisotopic (exact) mass is 343 g/mol. The Bertz CT molecular complexity index is 799. The second-order valence-corrected chi connectivity index (χ2v) is 5.89. The van der Waals surface area contributed by atoms with Crippen molar-refractivity contribution in [1.29, 1.82) is 0 Å². The number of ether oxygens (including phenoxy) is 1. The molecule has 124 valence electrons. The van der Waals surface area contributed by atoms with Crippen molar-refractivity contribution in [3.63, 3.8) is 0 Å². The van der Waals surface area contributed by atoms with E-state index < -0.39 is 0 Å². The largest absolute Gasteiger partial charge is 0.496 e. The van der Waals surface area contributed by atoms with Gasteiger partial charge in [0.15, 0.2) is 0 Å². The number of carbonyl (C=O) groups is 1. The quantitative estimate of drug-likeness (QED) is 0.713. The molecule has 0 atom stereocenters. The first-order valence-electron chi connectivity index (χ1n) is 7.50. The van der Waals surface area contributed by atoms with Gasteiger partial charge in [0.25, 0.3) is 0 Å². The summed E-state index contributed by atoms with van der Waals surface area (Å²) >= 11 is 1.57. The van der Waals surface area contributed by atoms with Crippen LogP contribution in [0.4, 0.5) is 0 Å². The van der Waals surface area contributed by atoms with Crippen molar-refractivity contribution < 1.29 is 14.1 Å². The molecule has 1 amide bonds. The van der Waals surface area contributed by atoms with Crippen LogP contribution in [0.25, 0.3) is 11.4 Å². The molecule has 0 radical (unpaired) electrons. The Morgan fingerprint density at radius 3 is 3.00 bits per heavy atom. The SMILES string of the molecule is COc1ccccc1CNC(=O)CCc1nc(-c2ccsc2)no1. The summed E-state index contributed by atoms with van der Waals surface area (Å²) in [5.41, 5.74) is 1.86. The lowest BCUT2D eigenvalue weighted by atomic mass is 10.2. The van der Waals surface area contributed by atoms with Crippen LogP contribution in [-0.2, 0) is 17.8 Å². The molecule has 0 unspecified atom stereocenters. The second kappa shape index (κ2) is 7.74. The summed E-state index contributed by atoms with van der Waals surface area (Å²) in [6.07, 6.45) is 0.704. The number of benzene rings is 1. The van der Waals surface area contributed by atoms with Crippen molar-refractivity contribution in [2.24, 2.45) is 0 Å². The van der Waals surface area contributed by atoms with Crippen molar-refractivity contribution in [3.8, 4) is 17.1 Å². The van der Waals surface area contributed by atoms with E-state index in [-0.39, 0.29) is 5.91 Å². The number of thiophene rings is 1. The molecule has 0 aliphatic carbocycles. The van der Waals surface area contributed by atoms with E-state index in [9.17, 15) is 4.79 Å². The second-order valence-electron chi connectivity index (χ2n) is 5.11. The highest BCUT2D eigenvalue weighted by Crippen LogP contribution is 2.19. The molecule has 0 bridgehead atoms. The summed E-state index contributed by atoms with van der Waals surface area (Å²) in [7, 11) is 1.61. The zero-order valence-electron chi connectivity index (χ0n) is 13.2. The van der Waals surface area contributed by atoms with Gasteiger partial charge in [0.05, 0.1) is 7.11 Å². The van der Waals surface area contributed by atoms with Crippen LogP contribution in [0.5, 0.6) is 5.75 Å². The van der Waals surface area contributed by atoms with Crippen LogP contribution in [-0.4, -0.2) is 23.2 Å². The zero-order chi connectivity index (χ0) is 16.8. The maximum absolute atomic E-state index is 12.0. The molecule has 7 heteroatoms. The summed E-state index contributed by atoms with van der Waals surface area (Å²) < 4.78 is 10.4. The van der Waals surface area contributed by atoms with Gasteiger partial charge in [-0.3, -0.25) is 4.79 Å². The number of hydrogen-bond donors (Lipinski definition) is 1. The van der Waals surface area contributed by atoms with E-state index in [0.29, 0.717) is 31.1 Å². The van der Waals surface area contributed by atoms with Crippen molar-refractivity contribution in [2.45, 2.75) is 19.4 Å². The predicted octanol–water partition coefficient (Wildman–Crippen LogP) is 3.06. The van der Waals surface area contributed by atoms with Gasteiger partial charge in [-0.05, 0) is 17.5 Å². The summed E-state index contributed by atoms with van der Waals surface area (Å²) in [5.74, 6) is 1.70. The summed E-state index contributed by atoms with van der Waals surface area (Å²) in [4.78, 5) is 16.3. The zero-order valence-corrected chi connectivity index (χ0v) is 14.0. The van der Waals surface area contributed by atoms with Gasteiger partial charge in [0.2, 0.25) is 17.6 Å². The van der Waals surface area contributed by atoms with Crippen LogP contribution < -0.4 is 10.1 Å². The fraction of sp³-hybridized carbons (Fsp3) is 0.235. The van der Waals surface area contributed by atoms with E-state index in [1.54, 1.807) is 18.4 Å². The van der Waals surface area contributed by atoms with Gasteiger partial charge in [-0.25, -0.2) is 0 Å². The Balaban J connectivity index is 1.49. The normalized spacial score (nSPS) is 10.5. The first kappa shape index (κ1) is 16.2. The highest BCUT2D eigenvalue weighted by atomic mass is 32.1. The molecule has 2 heterocycles. The third-order valence-corrected chi connectivity index (χ3v) is 4.17. The number of para-hydroxylation sites is 1. The van der Waals surface area contributed by atoms with Crippen molar-refractivity contribution in [1.82, 2.24) is 15.5 Å².